The highest BCUT2D eigenvalue weighted by molar-refractivity contribution is 9.10. The van der Waals surface area contributed by atoms with Gasteiger partial charge in [-0.1, -0.05) is 17.3 Å². The maximum absolute atomic E-state index is 5.38. The Balaban J connectivity index is 1.77. The van der Waals surface area contributed by atoms with Gasteiger partial charge in [0, 0.05) is 40.3 Å². The van der Waals surface area contributed by atoms with Gasteiger partial charge in [0.2, 0.25) is 0 Å². The van der Waals surface area contributed by atoms with Crippen molar-refractivity contribution in [2.24, 2.45) is 0 Å². The van der Waals surface area contributed by atoms with Gasteiger partial charge in [-0.3, -0.25) is 0 Å². The summed E-state index contributed by atoms with van der Waals surface area (Å²) < 4.78 is 8.39. The van der Waals surface area contributed by atoms with E-state index in [0.717, 1.165) is 45.0 Å². The van der Waals surface area contributed by atoms with Gasteiger partial charge in [0.25, 0.3) is 0 Å². The highest BCUT2D eigenvalue weighted by atomic mass is 79.9. The number of aryl methyl sites for hydroxylation is 3. The van der Waals surface area contributed by atoms with Gasteiger partial charge in [-0.25, -0.2) is 4.98 Å². The molecule has 4 aromatic rings. The van der Waals surface area contributed by atoms with Crippen LogP contribution >= 0.6 is 15.9 Å². The summed E-state index contributed by atoms with van der Waals surface area (Å²) in [5.41, 5.74) is 7.68. The molecular formula is C23H23BrN4O. The fourth-order valence-corrected chi connectivity index (χ4v) is 4.29. The predicted molar refractivity (Wildman–Crippen MR) is 120 cm³/mol. The molecule has 0 N–H and O–H groups in total. The Bertz CT molecular complexity index is 1130. The van der Waals surface area contributed by atoms with Gasteiger partial charge in [0.05, 0.1) is 17.7 Å². The molecular weight excluding hydrogens is 428 g/mol. The molecule has 0 spiro atoms. The minimum absolute atomic E-state index is 0.841. The zero-order valence-corrected chi connectivity index (χ0v) is 18.6. The Morgan fingerprint density at radius 2 is 1.93 bits per heavy atom. The minimum Gasteiger partial charge on any atom is -0.361 e. The lowest BCUT2D eigenvalue weighted by Crippen LogP contribution is -2.17. The summed E-state index contributed by atoms with van der Waals surface area (Å²) in [7, 11) is 0. The Labute approximate surface area is 179 Å². The topological polar surface area (TPSA) is 47.1 Å². The molecule has 0 atom stereocenters. The van der Waals surface area contributed by atoms with Crippen molar-refractivity contribution in [1.82, 2.24) is 14.7 Å². The molecule has 0 aliphatic carbocycles. The van der Waals surface area contributed by atoms with Gasteiger partial charge in [-0.2, -0.15) is 0 Å². The average Bonchev–Trinajstić information content (AvgIpc) is 3.34. The van der Waals surface area contributed by atoms with Crippen molar-refractivity contribution < 1.29 is 4.52 Å². The van der Waals surface area contributed by atoms with Crippen molar-refractivity contribution in [1.29, 1.82) is 0 Å². The van der Waals surface area contributed by atoms with Gasteiger partial charge in [0.15, 0.2) is 0 Å². The monoisotopic (exact) mass is 450 g/mol. The summed E-state index contributed by atoms with van der Waals surface area (Å²) in [5, 5.41) is 4.11. The molecule has 29 heavy (non-hydrogen) atoms. The van der Waals surface area contributed by atoms with E-state index in [4.69, 9.17) is 4.52 Å². The third-order valence-electron chi connectivity index (χ3n) is 5.16. The van der Waals surface area contributed by atoms with Crippen LogP contribution in [-0.4, -0.2) is 21.3 Å². The number of hydrogen-bond acceptors (Lipinski definition) is 4. The van der Waals surface area contributed by atoms with Crippen LogP contribution in [0.25, 0.3) is 16.8 Å². The van der Waals surface area contributed by atoms with Crippen LogP contribution < -0.4 is 4.90 Å². The third-order valence-corrected chi connectivity index (χ3v) is 5.80. The highest BCUT2D eigenvalue weighted by Gasteiger charge is 2.17. The van der Waals surface area contributed by atoms with E-state index >= 15 is 0 Å². The second kappa shape index (κ2) is 7.87. The number of aromatic nitrogens is 3. The van der Waals surface area contributed by atoms with Gasteiger partial charge in [-0.05, 0) is 79.0 Å². The Hall–Kier alpha value is -2.86. The number of nitrogens with zero attached hydrogens (tertiary/aromatic N) is 4. The zero-order valence-electron chi connectivity index (χ0n) is 17.0. The van der Waals surface area contributed by atoms with Crippen LogP contribution in [0.5, 0.6) is 0 Å². The number of hydrogen-bond donors (Lipinski definition) is 0. The number of imidazole rings is 1. The molecule has 2 heterocycles. The second-order valence-electron chi connectivity index (χ2n) is 7.05. The summed E-state index contributed by atoms with van der Waals surface area (Å²) in [5.74, 6) is 0.841. The van der Waals surface area contributed by atoms with Crippen molar-refractivity contribution in [3.05, 3.63) is 76.6 Å². The number of anilines is 2. The zero-order chi connectivity index (χ0) is 20.5. The molecule has 4 rings (SSSR count). The molecule has 148 valence electrons. The molecule has 0 bridgehead atoms. The van der Waals surface area contributed by atoms with Gasteiger partial charge in [-0.15, -0.1) is 0 Å². The van der Waals surface area contributed by atoms with Crippen LogP contribution in [-0.2, 0) is 0 Å². The maximum Gasteiger partial charge on any atom is 0.141 e. The minimum atomic E-state index is 0.841. The SMILES string of the molecule is CCN(c1ccc(-n2ccnc2)c(Br)c1)c1cc(-c2c(C)noc2C)ccc1C. The van der Waals surface area contributed by atoms with Gasteiger partial charge in [0.1, 0.15) is 5.76 Å². The first-order valence-electron chi connectivity index (χ1n) is 9.59. The van der Waals surface area contributed by atoms with E-state index in [0.29, 0.717) is 0 Å². The van der Waals surface area contributed by atoms with Crippen LogP contribution in [0, 0.1) is 20.8 Å². The van der Waals surface area contributed by atoms with Crippen LogP contribution in [0.3, 0.4) is 0 Å². The Morgan fingerprint density at radius 1 is 1.10 bits per heavy atom. The first kappa shape index (κ1) is 19.5. The molecule has 2 aromatic heterocycles. The van der Waals surface area contributed by atoms with Gasteiger partial charge < -0.3 is 14.0 Å². The second-order valence-corrected chi connectivity index (χ2v) is 7.90. The van der Waals surface area contributed by atoms with E-state index in [-0.39, 0.29) is 0 Å². The standard InChI is InChI=1S/C23H23BrN4O/c1-5-28(19-8-9-21(20(24)13-19)27-11-10-25-14-27)22-12-18(7-6-15(22)2)23-16(3)26-29-17(23)4/h6-14H,5H2,1-4H3. The molecule has 0 saturated heterocycles. The van der Waals surface area contributed by atoms with E-state index in [9.17, 15) is 0 Å². The van der Waals surface area contributed by atoms with Crippen LogP contribution in [0.4, 0.5) is 11.4 Å². The summed E-state index contributed by atoms with van der Waals surface area (Å²) >= 11 is 3.73. The van der Waals surface area contributed by atoms with Crippen molar-refractivity contribution in [2.45, 2.75) is 27.7 Å². The molecule has 0 radical (unpaired) electrons. The largest absolute Gasteiger partial charge is 0.361 e. The molecule has 0 aliphatic rings. The number of benzene rings is 2. The lowest BCUT2D eigenvalue weighted by Gasteiger charge is -2.26. The molecule has 6 heteroatoms. The molecule has 5 nitrogen and oxygen atoms in total. The van der Waals surface area contributed by atoms with E-state index in [1.807, 2.05) is 24.6 Å². The van der Waals surface area contributed by atoms with Crippen molar-refractivity contribution >= 4 is 27.3 Å². The molecule has 0 fully saturated rings. The van der Waals surface area contributed by atoms with Crippen molar-refractivity contribution in [2.75, 3.05) is 11.4 Å². The van der Waals surface area contributed by atoms with E-state index in [2.05, 4.69) is 81.2 Å². The Kier molecular flexibility index (Phi) is 5.28. The van der Waals surface area contributed by atoms with Crippen LogP contribution in [0.1, 0.15) is 23.9 Å². The molecule has 2 aromatic carbocycles. The highest BCUT2D eigenvalue weighted by Crippen LogP contribution is 2.36. The molecule has 0 aliphatic heterocycles. The average molecular weight is 451 g/mol. The van der Waals surface area contributed by atoms with E-state index in [1.54, 1.807) is 12.5 Å². The lowest BCUT2D eigenvalue weighted by molar-refractivity contribution is 0.393. The van der Waals surface area contributed by atoms with Crippen LogP contribution in [0.15, 0.2) is 64.1 Å². The smallest absolute Gasteiger partial charge is 0.141 e. The first-order valence-corrected chi connectivity index (χ1v) is 10.4. The van der Waals surface area contributed by atoms with Crippen molar-refractivity contribution in [3.63, 3.8) is 0 Å². The number of halogens is 1. The molecule has 0 unspecified atom stereocenters. The first-order chi connectivity index (χ1) is 14.0. The third kappa shape index (κ3) is 3.60. The Morgan fingerprint density at radius 3 is 2.55 bits per heavy atom. The lowest BCUT2D eigenvalue weighted by atomic mass is 10.0. The summed E-state index contributed by atoms with van der Waals surface area (Å²) in [6, 6.07) is 12.9. The van der Waals surface area contributed by atoms with E-state index < -0.39 is 0 Å². The summed E-state index contributed by atoms with van der Waals surface area (Å²) in [6.45, 7) is 9.10. The fraction of sp³-hybridized carbons (Fsp3) is 0.217. The van der Waals surface area contributed by atoms with Crippen molar-refractivity contribution in [3.8, 4) is 16.8 Å². The summed E-state index contributed by atoms with van der Waals surface area (Å²) in [4.78, 5) is 6.46. The number of rotatable bonds is 5. The normalized spacial score (nSPS) is 11.1. The molecule has 0 saturated carbocycles. The molecule has 0 amide bonds. The quantitative estimate of drug-likeness (QED) is 0.354. The van der Waals surface area contributed by atoms with Crippen LogP contribution in [0.2, 0.25) is 0 Å². The van der Waals surface area contributed by atoms with Gasteiger partial charge >= 0.3 is 0 Å². The van der Waals surface area contributed by atoms with E-state index in [1.165, 1.54) is 11.3 Å². The fourth-order valence-electron chi connectivity index (χ4n) is 3.72. The maximum atomic E-state index is 5.38. The summed E-state index contributed by atoms with van der Waals surface area (Å²) in [6.07, 6.45) is 5.52. The predicted octanol–water partition coefficient (Wildman–Crippen LogP) is 6.37.